The molecule has 0 aliphatic heterocycles. The summed E-state index contributed by atoms with van der Waals surface area (Å²) in [7, 11) is -3.37. The van der Waals surface area contributed by atoms with Gasteiger partial charge in [0, 0.05) is 23.3 Å². The Hall–Kier alpha value is -1.91. The molecule has 1 atom stereocenters. The molecule has 1 amide bonds. The van der Waals surface area contributed by atoms with Crippen molar-refractivity contribution in [2.24, 2.45) is 0 Å². The van der Waals surface area contributed by atoms with Gasteiger partial charge in [-0.05, 0) is 31.7 Å². The maximum Gasteiger partial charge on any atom is 0.260 e. The van der Waals surface area contributed by atoms with Gasteiger partial charge in [0.2, 0.25) is 5.13 Å². The molecule has 0 radical (unpaired) electrons. The summed E-state index contributed by atoms with van der Waals surface area (Å²) in [5.41, 5.74) is 0.530. The molecule has 0 spiro atoms. The molecule has 8 nitrogen and oxygen atoms in total. The summed E-state index contributed by atoms with van der Waals surface area (Å²) in [5.74, 6) is -0.359. The van der Waals surface area contributed by atoms with Gasteiger partial charge in [-0.1, -0.05) is 25.3 Å². The summed E-state index contributed by atoms with van der Waals surface area (Å²) in [5, 5.41) is 2.85. The Morgan fingerprint density at radius 3 is 2.54 bits per heavy atom. The smallest absolute Gasteiger partial charge is 0.260 e. The number of nitrogens with one attached hydrogen (secondary N) is 1. The first-order valence-corrected chi connectivity index (χ1v) is 11.8. The Bertz CT molecular complexity index is 906. The first kappa shape index (κ1) is 19.4. The zero-order valence-corrected chi connectivity index (χ0v) is 16.9. The molecule has 10 heteroatoms. The number of anilines is 1. The number of hydrogen-bond donors (Lipinski definition) is 1. The van der Waals surface area contributed by atoms with Gasteiger partial charge in [0.25, 0.3) is 5.91 Å². The van der Waals surface area contributed by atoms with Crippen molar-refractivity contribution in [2.45, 2.75) is 67.4 Å². The molecule has 1 unspecified atom stereocenters. The van der Waals surface area contributed by atoms with Crippen molar-refractivity contribution in [3.8, 4) is 0 Å². The number of pyridine rings is 1. The van der Waals surface area contributed by atoms with E-state index in [9.17, 15) is 13.2 Å². The maximum atomic E-state index is 12.8. The van der Waals surface area contributed by atoms with Gasteiger partial charge in [-0.2, -0.15) is 4.37 Å². The third-order valence-corrected chi connectivity index (χ3v) is 7.78. The lowest BCUT2D eigenvalue weighted by Gasteiger charge is -2.27. The fraction of sp³-hybridized carbons (Fsp3) is 0.556. The highest BCUT2D eigenvalue weighted by Crippen LogP contribution is 2.33. The van der Waals surface area contributed by atoms with E-state index in [0.29, 0.717) is 23.5 Å². The number of carbonyl (C=O) groups is 1. The number of carbonyl (C=O) groups excluding carboxylic acids is 1. The van der Waals surface area contributed by atoms with Crippen LogP contribution in [0.5, 0.6) is 0 Å². The number of rotatable bonds is 7. The normalized spacial score (nSPS) is 19.3. The van der Waals surface area contributed by atoms with Crippen LogP contribution in [-0.4, -0.2) is 40.0 Å². The van der Waals surface area contributed by atoms with Gasteiger partial charge in [-0.25, -0.2) is 18.4 Å². The minimum absolute atomic E-state index is 0.00575. The largest absolute Gasteiger partial charge is 0.360 e. The molecule has 2 aromatic heterocycles. The Balaban J connectivity index is 1.55. The highest BCUT2D eigenvalue weighted by molar-refractivity contribution is 7.92. The average molecular weight is 423 g/mol. The standard InChI is InChI=1S/C18H22N4O4S2/c23-17(22-18-20-11-21-27-18)16(26-13-4-2-1-3-5-13)12-6-9-15(19-10-12)28(24,25)14-7-8-14/h6,9-11,13-14,16H,1-5,7-8H2,(H,20,21,22,23). The van der Waals surface area contributed by atoms with E-state index in [1.54, 1.807) is 6.07 Å². The summed E-state index contributed by atoms with van der Waals surface area (Å²) in [4.78, 5) is 21.0. The van der Waals surface area contributed by atoms with Crippen molar-refractivity contribution in [2.75, 3.05) is 5.32 Å². The molecule has 0 bridgehead atoms. The summed E-state index contributed by atoms with van der Waals surface area (Å²) in [6.45, 7) is 0. The van der Waals surface area contributed by atoms with E-state index in [2.05, 4.69) is 19.7 Å². The van der Waals surface area contributed by atoms with E-state index in [1.807, 2.05) is 0 Å². The first-order valence-electron chi connectivity index (χ1n) is 9.47. The monoisotopic (exact) mass is 422 g/mol. The summed E-state index contributed by atoms with van der Waals surface area (Å²) < 4.78 is 34.7. The molecular formula is C18H22N4O4S2. The number of hydrogen-bond acceptors (Lipinski definition) is 8. The topological polar surface area (TPSA) is 111 Å². The van der Waals surface area contributed by atoms with E-state index in [4.69, 9.17) is 4.74 Å². The van der Waals surface area contributed by atoms with Crippen molar-refractivity contribution in [3.05, 3.63) is 30.2 Å². The molecule has 1 N–H and O–H groups in total. The molecule has 28 heavy (non-hydrogen) atoms. The molecule has 2 heterocycles. The number of sulfone groups is 1. The predicted octanol–water partition coefficient (Wildman–Crippen LogP) is 2.90. The lowest BCUT2D eigenvalue weighted by Crippen LogP contribution is -2.29. The zero-order chi connectivity index (χ0) is 19.6. The number of amides is 1. The molecule has 4 rings (SSSR count). The summed E-state index contributed by atoms with van der Waals surface area (Å²) in [6.07, 6.45) is 8.43. The second kappa shape index (κ2) is 8.22. The Labute approximate surface area is 167 Å². The van der Waals surface area contributed by atoms with Gasteiger partial charge in [-0.3, -0.25) is 10.1 Å². The molecule has 2 aliphatic carbocycles. The highest BCUT2D eigenvalue weighted by Gasteiger charge is 2.38. The minimum atomic E-state index is -3.37. The molecule has 0 saturated heterocycles. The van der Waals surface area contributed by atoms with Crippen molar-refractivity contribution in [1.29, 1.82) is 0 Å². The maximum absolute atomic E-state index is 12.8. The second-order valence-corrected chi connectivity index (χ2v) is 10.1. The molecule has 2 saturated carbocycles. The van der Waals surface area contributed by atoms with Crippen LogP contribution >= 0.6 is 11.5 Å². The molecular weight excluding hydrogens is 400 g/mol. The van der Waals surface area contributed by atoms with E-state index in [-0.39, 0.29) is 22.3 Å². The second-order valence-electron chi connectivity index (χ2n) is 7.19. The van der Waals surface area contributed by atoms with Gasteiger partial charge in [0.1, 0.15) is 6.33 Å². The Kier molecular flexibility index (Phi) is 5.70. The Morgan fingerprint density at radius 2 is 1.93 bits per heavy atom. The fourth-order valence-corrected chi connectivity index (χ4v) is 5.34. The van der Waals surface area contributed by atoms with Crippen LogP contribution in [0.4, 0.5) is 5.13 Å². The fourth-order valence-electron chi connectivity index (χ4n) is 3.35. The average Bonchev–Trinajstić information content (AvgIpc) is 3.46. The molecule has 2 aromatic rings. The van der Waals surface area contributed by atoms with Crippen molar-refractivity contribution in [1.82, 2.24) is 14.3 Å². The minimum Gasteiger partial charge on any atom is -0.360 e. The van der Waals surface area contributed by atoms with Gasteiger partial charge in [-0.15, -0.1) is 0 Å². The van der Waals surface area contributed by atoms with Crippen LogP contribution < -0.4 is 5.32 Å². The van der Waals surface area contributed by atoms with Gasteiger partial charge in [0.15, 0.2) is 21.0 Å². The van der Waals surface area contributed by atoms with Crippen LogP contribution in [0.3, 0.4) is 0 Å². The van der Waals surface area contributed by atoms with Crippen molar-refractivity contribution < 1.29 is 17.9 Å². The van der Waals surface area contributed by atoms with E-state index >= 15 is 0 Å². The van der Waals surface area contributed by atoms with E-state index in [1.165, 1.54) is 25.0 Å². The predicted molar refractivity (Wildman–Crippen MR) is 104 cm³/mol. The van der Waals surface area contributed by atoms with Crippen molar-refractivity contribution >= 4 is 32.4 Å². The van der Waals surface area contributed by atoms with E-state index < -0.39 is 15.9 Å². The van der Waals surface area contributed by atoms with Crippen LogP contribution in [-0.2, 0) is 19.4 Å². The van der Waals surface area contributed by atoms with Crippen molar-refractivity contribution in [3.63, 3.8) is 0 Å². The van der Waals surface area contributed by atoms with Gasteiger partial charge >= 0.3 is 0 Å². The van der Waals surface area contributed by atoms with Gasteiger partial charge < -0.3 is 4.74 Å². The summed E-state index contributed by atoms with van der Waals surface area (Å²) in [6, 6.07) is 3.09. The summed E-state index contributed by atoms with van der Waals surface area (Å²) >= 11 is 1.08. The van der Waals surface area contributed by atoms with Crippen LogP contribution in [0.15, 0.2) is 29.7 Å². The van der Waals surface area contributed by atoms with Crippen LogP contribution in [0.2, 0.25) is 0 Å². The highest BCUT2D eigenvalue weighted by atomic mass is 32.2. The number of aromatic nitrogens is 3. The lowest BCUT2D eigenvalue weighted by atomic mass is 9.97. The third kappa shape index (κ3) is 4.39. The lowest BCUT2D eigenvalue weighted by molar-refractivity contribution is -0.133. The number of nitrogens with zero attached hydrogens (tertiary/aromatic N) is 3. The Morgan fingerprint density at radius 1 is 1.14 bits per heavy atom. The quantitative estimate of drug-likeness (QED) is 0.730. The molecule has 150 valence electrons. The molecule has 2 fully saturated rings. The molecule has 2 aliphatic rings. The zero-order valence-electron chi connectivity index (χ0n) is 15.3. The van der Waals surface area contributed by atoms with Gasteiger partial charge in [0.05, 0.1) is 11.4 Å². The third-order valence-electron chi connectivity index (χ3n) is 5.03. The van der Waals surface area contributed by atoms with Crippen LogP contribution in [0.1, 0.15) is 56.6 Å². The molecule has 0 aromatic carbocycles. The van der Waals surface area contributed by atoms with E-state index in [0.717, 1.165) is 37.2 Å². The SMILES string of the molecule is O=C(Nc1ncns1)C(OC1CCCCC1)c1ccc(S(=O)(=O)C2CC2)nc1. The first-order chi connectivity index (χ1) is 13.5. The van der Waals surface area contributed by atoms with Crippen LogP contribution in [0.25, 0.3) is 0 Å². The van der Waals surface area contributed by atoms with Crippen LogP contribution in [0, 0.1) is 0 Å². The number of ether oxygens (including phenoxy) is 1.